The zero-order valence-electron chi connectivity index (χ0n) is 13.8. The zero-order valence-corrected chi connectivity index (χ0v) is 14.5. The highest BCUT2D eigenvalue weighted by Crippen LogP contribution is 2.21. The number of anilines is 2. The molecule has 1 saturated carbocycles. The molecule has 0 radical (unpaired) electrons. The maximum atomic E-state index is 13.1. The van der Waals surface area contributed by atoms with Crippen LogP contribution in [0.25, 0.3) is 0 Å². The third kappa shape index (κ3) is 4.89. The van der Waals surface area contributed by atoms with E-state index < -0.39 is 5.82 Å². The number of rotatable bonds is 4. The number of amides is 1. The third-order valence-corrected chi connectivity index (χ3v) is 4.57. The maximum absolute atomic E-state index is 13.1. The number of halogens is 2. The Morgan fingerprint density at radius 2 is 1.80 bits per heavy atom. The molecule has 1 aromatic heterocycles. The number of benzene rings is 1. The quantitative estimate of drug-likeness (QED) is 0.776. The molecule has 3 rings (SSSR count). The van der Waals surface area contributed by atoms with Crippen molar-refractivity contribution >= 4 is 29.1 Å². The summed E-state index contributed by atoms with van der Waals surface area (Å²) in [7, 11) is 0. The highest BCUT2D eigenvalue weighted by atomic mass is 35.5. The molecule has 0 saturated heterocycles. The SMILES string of the molecule is O=C(Nc1ccc(F)c(Cl)c1)c1cnc(NC2CCCCCC2)nc1. The molecule has 1 aliphatic carbocycles. The Hall–Kier alpha value is -2.21. The first-order valence-electron chi connectivity index (χ1n) is 8.47. The van der Waals surface area contributed by atoms with Gasteiger partial charge in [0.25, 0.3) is 5.91 Å². The molecule has 1 fully saturated rings. The molecule has 1 heterocycles. The molecule has 2 aromatic rings. The lowest BCUT2D eigenvalue weighted by Crippen LogP contribution is -2.20. The monoisotopic (exact) mass is 362 g/mol. The van der Waals surface area contributed by atoms with Crippen LogP contribution in [0.2, 0.25) is 5.02 Å². The number of hydrogen-bond donors (Lipinski definition) is 2. The first-order chi connectivity index (χ1) is 12.1. The first-order valence-corrected chi connectivity index (χ1v) is 8.84. The molecule has 2 N–H and O–H groups in total. The van der Waals surface area contributed by atoms with Crippen LogP contribution < -0.4 is 10.6 Å². The number of hydrogen-bond acceptors (Lipinski definition) is 4. The lowest BCUT2D eigenvalue weighted by atomic mass is 10.1. The van der Waals surface area contributed by atoms with Gasteiger partial charge in [-0.15, -0.1) is 0 Å². The number of nitrogens with zero attached hydrogens (tertiary/aromatic N) is 2. The van der Waals surface area contributed by atoms with E-state index in [0.29, 0.717) is 23.2 Å². The van der Waals surface area contributed by atoms with E-state index in [1.165, 1.54) is 56.3 Å². The van der Waals surface area contributed by atoms with Crippen molar-refractivity contribution in [3.05, 3.63) is 47.0 Å². The topological polar surface area (TPSA) is 66.9 Å². The summed E-state index contributed by atoms with van der Waals surface area (Å²) in [5, 5.41) is 5.94. The average Bonchev–Trinajstić information content (AvgIpc) is 2.87. The van der Waals surface area contributed by atoms with Crippen LogP contribution in [-0.2, 0) is 0 Å². The second-order valence-corrected chi connectivity index (χ2v) is 6.62. The Kier molecular flexibility index (Phi) is 5.81. The highest BCUT2D eigenvalue weighted by molar-refractivity contribution is 6.31. The van der Waals surface area contributed by atoms with Crippen LogP contribution in [0.1, 0.15) is 48.9 Å². The van der Waals surface area contributed by atoms with Gasteiger partial charge in [0.1, 0.15) is 5.82 Å². The van der Waals surface area contributed by atoms with E-state index in [1.807, 2.05) is 0 Å². The fourth-order valence-corrected chi connectivity index (χ4v) is 3.08. The summed E-state index contributed by atoms with van der Waals surface area (Å²) in [6.07, 6.45) is 10.2. The normalized spacial score (nSPS) is 15.4. The molecule has 1 amide bonds. The van der Waals surface area contributed by atoms with E-state index in [-0.39, 0.29) is 10.9 Å². The van der Waals surface area contributed by atoms with Crippen molar-refractivity contribution in [2.24, 2.45) is 0 Å². The molecular formula is C18H20ClFN4O. The lowest BCUT2D eigenvalue weighted by Gasteiger charge is -2.15. The van der Waals surface area contributed by atoms with Crippen molar-refractivity contribution in [3.63, 3.8) is 0 Å². The lowest BCUT2D eigenvalue weighted by molar-refractivity contribution is 0.102. The van der Waals surface area contributed by atoms with Gasteiger partial charge in [-0.1, -0.05) is 37.3 Å². The van der Waals surface area contributed by atoms with Gasteiger partial charge in [-0.2, -0.15) is 0 Å². The molecule has 0 atom stereocenters. The number of carbonyl (C=O) groups excluding carboxylic acids is 1. The summed E-state index contributed by atoms with van der Waals surface area (Å²) >= 11 is 5.71. The van der Waals surface area contributed by atoms with Crippen LogP contribution >= 0.6 is 11.6 Å². The van der Waals surface area contributed by atoms with Gasteiger partial charge in [0.2, 0.25) is 5.95 Å². The molecular weight excluding hydrogens is 343 g/mol. The van der Waals surface area contributed by atoms with Gasteiger partial charge in [-0.3, -0.25) is 4.79 Å². The van der Waals surface area contributed by atoms with Crippen molar-refractivity contribution in [1.82, 2.24) is 9.97 Å². The Morgan fingerprint density at radius 3 is 2.44 bits per heavy atom. The Morgan fingerprint density at radius 1 is 1.12 bits per heavy atom. The van der Waals surface area contributed by atoms with E-state index >= 15 is 0 Å². The summed E-state index contributed by atoms with van der Waals surface area (Å²) in [4.78, 5) is 20.7. The number of nitrogens with one attached hydrogen (secondary N) is 2. The fraction of sp³-hybridized carbons (Fsp3) is 0.389. The average molecular weight is 363 g/mol. The number of carbonyl (C=O) groups is 1. The molecule has 0 bridgehead atoms. The van der Waals surface area contributed by atoms with Crippen molar-refractivity contribution in [3.8, 4) is 0 Å². The zero-order chi connectivity index (χ0) is 17.6. The molecule has 1 aromatic carbocycles. The smallest absolute Gasteiger partial charge is 0.258 e. The highest BCUT2D eigenvalue weighted by Gasteiger charge is 2.14. The minimum atomic E-state index is -0.531. The Bertz CT molecular complexity index is 730. The van der Waals surface area contributed by atoms with E-state index in [9.17, 15) is 9.18 Å². The Balaban J connectivity index is 1.60. The largest absolute Gasteiger partial charge is 0.351 e. The van der Waals surface area contributed by atoms with Crippen LogP contribution in [0.3, 0.4) is 0 Å². The van der Waals surface area contributed by atoms with E-state index in [4.69, 9.17) is 11.6 Å². The molecule has 132 valence electrons. The molecule has 5 nitrogen and oxygen atoms in total. The van der Waals surface area contributed by atoms with Crippen LogP contribution in [0.15, 0.2) is 30.6 Å². The second kappa shape index (κ2) is 8.25. The molecule has 7 heteroatoms. The van der Waals surface area contributed by atoms with Crippen molar-refractivity contribution in [2.45, 2.75) is 44.6 Å². The molecule has 25 heavy (non-hydrogen) atoms. The standard InChI is InChI=1S/C18H20ClFN4O/c19-15-9-14(7-8-16(15)20)23-17(25)12-10-21-18(22-11-12)24-13-5-3-1-2-4-6-13/h7-11,13H,1-6H2,(H,23,25)(H,21,22,24). The predicted molar refractivity (Wildman–Crippen MR) is 96.5 cm³/mol. The maximum Gasteiger partial charge on any atom is 0.258 e. The van der Waals surface area contributed by atoms with E-state index in [1.54, 1.807) is 0 Å². The minimum Gasteiger partial charge on any atom is -0.351 e. The van der Waals surface area contributed by atoms with Gasteiger partial charge < -0.3 is 10.6 Å². The molecule has 0 unspecified atom stereocenters. The van der Waals surface area contributed by atoms with Gasteiger partial charge >= 0.3 is 0 Å². The summed E-state index contributed by atoms with van der Waals surface area (Å²) in [5.74, 6) is -0.367. The predicted octanol–water partition coefficient (Wildman–Crippen LogP) is 4.66. The fourth-order valence-electron chi connectivity index (χ4n) is 2.90. The van der Waals surface area contributed by atoms with Gasteiger partial charge in [-0.05, 0) is 31.0 Å². The van der Waals surface area contributed by atoms with Crippen molar-refractivity contribution in [1.29, 1.82) is 0 Å². The summed E-state index contributed by atoms with van der Waals surface area (Å²) in [6.45, 7) is 0. The van der Waals surface area contributed by atoms with Crippen LogP contribution in [0.5, 0.6) is 0 Å². The molecule has 0 aliphatic heterocycles. The third-order valence-electron chi connectivity index (χ3n) is 4.28. The van der Waals surface area contributed by atoms with Crippen LogP contribution in [0.4, 0.5) is 16.0 Å². The van der Waals surface area contributed by atoms with Crippen LogP contribution in [-0.4, -0.2) is 21.9 Å². The summed E-state index contributed by atoms with van der Waals surface area (Å²) < 4.78 is 13.1. The van der Waals surface area contributed by atoms with E-state index in [0.717, 1.165) is 12.8 Å². The number of aromatic nitrogens is 2. The van der Waals surface area contributed by atoms with Crippen molar-refractivity contribution in [2.75, 3.05) is 10.6 Å². The summed E-state index contributed by atoms with van der Waals surface area (Å²) in [5.41, 5.74) is 0.740. The second-order valence-electron chi connectivity index (χ2n) is 6.21. The Labute approximate surface area is 151 Å². The van der Waals surface area contributed by atoms with Gasteiger partial charge in [0.15, 0.2) is 0 Å². The van der Waals surface area contributed by atoms with Crippen LogP contribution in [0, 0.1) is 5.82 Å². The van der Waals surface area contributed by atoms with Gasteiger partial charge in [0, 0.05) is 24.1 Å². The minimum absolute atomic E-state index is 0.0444. The first kappa shape index (κ1) is 17.6. The summed E-state index contributed by atoms with van der Waals surface area (Å²) in [6, 6.07) is 4.40. The molecule has 0 spiro atoms. The van der Waals surface area contributed by atoms with Gasteiger partial charge in [0.05, 0.1) is 10.6 Å². The van der Waals surface area contributed by atoms with E-state index in [2.05, 4.69) is 20.6 Å². The molecule has 1 aliphatic rings. The van der Waals surface area contributed by atoms with Crippen molar-refractivity contribution < 1.29 is 9.18 Å². The van der Waals surface area contributed by atoms with Gasteiger partial charge in [-0.25, -0.2) is 14.4 Å².